The van der Waals surface area contributed by atoms with E-state index in [2.05, 4.69) is 127 Å². The standard InChI is InChI=1S/C40H27N3/c1-5-16-28(17-6-1)37-41-38(29-18-7-2-8-19-29)43-39(42-37)33-25-15-27-35-36(33)32-24-13-14-26-34(32)40(35,30-20-9-3-10-21-30)31-22-11-4-12-23-31/h1-27H. The first-order valence-electron chi connectivity index (χ1n) is 14.6. The number of hydrogen-bond donors (Lipinski definition) is 0. The summed E-state index contributed by atoms with van der Waals surface area (Å²) < 4.78 is 0. The Balaban J connectivity index is 1.45. The van der Waals surface area contributed by atoms with Crippen molar-refractivity contribution in [3.05, 3.63) is 186 Å². The molecule has 0 bridgehead atoms. The molecule has 8 rings (SSSR count). The van der Waals surface area contributed by atoms with Gasteiger partial charge in [0.05, 0.1) is 5.41 Å². The van der Waals surface area contributed by atoms with Crippen LogP contribution in [0.4, 0.5) is 0 Å². The predicted octanol–water partition coefficient (Wildman–Crippen LogP) is 9.24. The lowest BCUT2D eigenvalue weighted by Crippen LogP contribution is -2.28. The second-order valence-electron chi connectivity index (χ2n) is 10.8. The Bertz CT molecular complexity index is 1960. The Hall–Kier alpha value is -5.67. The van der Waals surface area contributed by atoms with Crippen molar-refractivity contribution >= 4 is 0 Å². The second-order valence-corrected chi connectivity index (χ2v) is 10.8. The molecule has 0 amide bonds. The zero-order valence-corrected chi connectivity index (χ0v) is 23.4. The zero-order valence-electron chi connectivity index (χ0n) is 23.4. The quantitative estimate of drug-likeness (QED) is 0.215. The second kappa shape index (κ2) is 10.3. The van der Waals surface area contributed by atoms with E-state index >= 15 is 0 Å². The maximum Gasteiger partial charge on any atom is 0.164 e. The van der Waals surface area contributed by atoms with E-state index in [9.17, 15) is 0 Å². The van der Waals surface area contributed by atoms with E-state index in [0.717, 1.165) is 22.3 Å². The SMILES string of the molecule is c1ccc(-c2nc(-c3ccccc3)nc(-c3cccc4c3-c3ccccc3C4(c3ccccc3)c3ccccc3)n2)cc1. The van der Waals surface area contributed by atoms with E-state index in [1.807, 2.05) is 36.4 Å². The van der Waals surface area contributed by atoms with Gasteiger partial charge in [-0.15, -0.1) is 0 Å². The van der Waals surface area contributed by atoms with E-state index < -0.39 is 5.41 Å². The molecule has 1 heterocycles. The molecule has 0 aliphatic heterocycles. The van der Waals surface area contributed by atoms with Gasteiger partial charge in [0.15, 0.2) is 17.5 Å². The Labute approximate surface area is 251 Å². The van der Waals surface area contributed by atoms with Gasteiger partial charge in [0.25, 0.3) is 0 Å². The number of aromatic nitrogens is 3. The maximum atomic E-state index is 5.12. The van der Waals surface area contributed by atoms with Gasteiger partial charge in [-0.2, -0.15) is 0 Å². The normalized spacial score (nSPS) is 12.8. The first-order chi connectivity index (χ1) is 21.3. The fourth-order valence-corrected chi connectivity index (χ4v) is 6.61. The number of rotatable bonds is 5. The molecule has 0 saturated carbocycles. The molecule has 1 aliphatic rings. The van der Waals surface area contributed by atoms with Gasteiger partial charge in [-0.25, -0.2) is 15.0 Å². The fourth-order valence-electron chi connectivity index (χ4n) is 6.61. The first kappa shape index (κ1) is 25.1. The largest absolute Gasteiger partial charge is 0.208 e. The molecule has 1 aliphatic carbocycles. The molecule has 1 aromatic heterocycles. The summed E-state index contributed by atoms with van der Waals surface area (Å²) in [6.45, 7) is 0. The minimum absolute atomic E-state index is 0.484. The number of nitrogens with zero attached hydrogens (tertiary/aromatic N) is 3. The molecule has 0 radical (unpaired) electrons. The van der Waals surface area contributed by atoms with Crippen LogP contribution in [-0.2, 0) is 5.41 Å². The minimum atomic E-state index is -0.484. The van der Waals surface area contributed by atoms with Gasteiger partial charge in [0.1, 0.15) is 0 Å². The van der Waals surface area contributed by atoms with Gasteiger partial charge in [0.2, 0.25) is 0 Å². The predicted molar refractivity (Wildman–Crippen MR) is 173 cm³/mol. The van der Waals surface area contributed by atoms with Crippen LogP contribution < -0.4 is 0 Å². The van der Waals surface area contributed by atoms with Gasteiger partial charge in [-0.3, -0.25) is 0 Å². The molecule has 0 N–H and O–H groups in total. The van der Waals surface area contributed by atoms with Crippen molar-refractivity contribution in [2.24, 2.45) is 0 Å². The average Bonchev–Trinajstić information content (AvgIpc) is 3.41. The van der Waals surface area contributed by atoms with Crippen molar-refractivity contribution in [3.8, 4) is 45.3 Å². The van der Waals surface area contributed by atoms with Crippen LogP contribution in [0.3, 0.4) is 0 Å². The van der Waals surface area contributed by atoms with Crippen LogP contribution in [0.2, 0.25) is 0 Å². The molecule has 7 aromatic rings. The summed E-state index contributed by atoms with van der Waals surface area (Å²) in [6.07, 6.45) is 0. The average molecular weight is 550 g/mol. The van der Waals surface area contributed by atoms with E-state index in [-0.39, 0.29) is 0 Å². The van der Waals surface area contributed by atoms with Crippen LogP contribution in [0.1, 0.15) is 22.3 Å². The van der Waals surface area contributed by atoms with Crippen molar-refractivity contribution in [1.82, 2.24) is 15.0 Å². The molecule has 0 spiro atoms. The lowest BCUT2D eigenvalue weighted by molar-refractivity contribution is 0.768. The van der Waals surface area contributed by atoms with Crippen molar-refractivity contribution < 1.29 is 0 Å². The van der Waals surface area contributed by atoms with Gasteiger partial charge in [-0.1, -0.05) is 164 Å². The van der Waals surface area contributed by atoms with Crippen LogP contribution >= 0.6 is 0 Å². The number of fused-ring (bicyclic) bond motifs is 3. The Morgan fingerprint density at radius 3 is 1.30 bits per heavy atom. The van der Waals surface area contributed by atoms with Crippen LogP contribution in [0.25, 0.3) is 45.3 Å². The topological polar surface area (TPSA) is 38.7 Å². The number of hydrogen-bond acceptors (Lipinski definition) is 3. The summed E-state index contributed by atoms with van der Waals surface area (Å²) in [6, 6.07) is 57.4. The van der Waals surface area contributed by atoms with E-state index in [4.69, 9.17) is 15.0 Å². The summed E-state index contributed by atoms with van der Waals surface area (Å²) in [7, 11) is 0. The minimum Gasteiger partial charge on any atom is -0.208 e. The van der Waals surface area contributed by atoms with Crippen LogP contribution in [0.15, 0.2) is 164 Å². The first-order valence-corrected chi connectivity index (χ1v) is 14.6. The summed E-state index contributed by atoms with van der Waals surface area (Å²) in [5.74, 6) is 1.98. The summed E-state index contributed by atoms with van der Waals surface area (Å²) in [4.78, 5) is 15.2. The molecular weight excluding hydrogens is 522 g/mol. The molecule has 0 saturated heterocycles. The molecule has 43 heavy (non-hydrogen) atoms. The van der Waals surface area contributed by atoms with Crippen LogP contribution in [-0.4, -0.2) is 15.0 Å². The highest BCUT2D eigenvalue weighted by Gasteiger charge is 2.46. The van der Waals surface area contributed by atoms with Crippen molar-refractivity contribution in [2.45, 2.75) is 5.41 Å². The Morgan fingerprint density at radius 2 is 0.744 bits per heavy atom. The highest BCUT2D eigenvalue weighted by atomic mass is 15.0. The molecular formula is C40H27N3. The maximum absolute atomic E-state index is 5.12. The molecule has 6 aromatic carbocycles. The molecule has 0 fully saturated rings. The van der Waals surface area contributed by atoms with Gasteiger partial charge >= 0.3 is 0 Å². The zero-order chi connectivity index (χ0) is 28.6. The highest BCUT2D eigenvalue weighted by molar-refractivity contribution is 5.94. The summed E-state index contributed by atoms with van der Waals surface area (Å²) >= 11 is 0. The number of benzene rings is 6. The Morgan fingerprint density at radius 1 is 0.326 bits per heavy atom. The third kappa shape index (κ3) is 4.01. The smallest absolute Gasteiger partial charge is 0.164 e. The van der Waals surface area contributed by atoms with Crippen LogP contribution in [0.5, 0.6) is 0 Å². The third-order valence-corrected chi connectivity index (χ3v) is 8.42. The van der Waals surface area contributed by atoms with Gasteiger partial charge in [-0.05, 0) is 33.4 Å². The molecule has 3 nitrogen and oxygen atoms in total. The van der Waals surface area contributed by atoms with E-state index in [0.29, 0.717) is 17.5 Å². The molecule has 0 atom stereocenters. The summed E-state index contributed by atoms with van der Waals surface area (Å²) in [5.41, 5.74) is 9.74. The lowest BCUT2D eigenvalue weighted by Gasteiger charge is -2.33. The Kier molecular flexibility index (Phi) is 6.01. The fraction of sp³-hybridized carbons (Fsp3) is 0.0250. The van der Waals surface area contributed by atoms with Crippen molar-refractivity contribution in [1.29, 1.82) is 0 Å². The lowest BCUT2D eigenvalue weighted by atomic mass is 9.67. The van der Waals surface area contributed by atoms with E-state index in [1.54, 1.807) is 0 Å². The van der Waals surface area contributed by atoms with Gasteiger partial charge in [0, 0.05) is 16.7 Å². The van der Waals surface area contributed by atoms with Crippen molar-refractivity contribution in [3.63, 3.8) is 0 Å². The van der Waals surface area contributed by atoms with Crippen molar-refractivity contribution in [2.75, 3.05) is 0 Å². The molecule has 3 heteroatoms. The highest BCUT2D eigenvalue weighted by Crippen LogP contribution is 2.57. The van der Waals surface area contributed by atoms with Crippen LogP contribution in [0, 0.1) is 0 Å². The third-order valence-electron chi connectivity index (χ3n) is 8.42. The summed E-state index contributed by atoms with van der Waals surface area (Å²) in [5, 5.41) is 0. The molecule has 202 valence electrons. The molecule has 0 unspecified atom stereocenters. The van der Waals surface area contributed by atoms with Gasteiger partial charge < -0.3 is 0 Å². The van der Waals surface area contributed by atoms with E-state index in [1.165, 1.54) is 27.8 Å². The monoisotopic (exact) mass is 549 g/mol.